The molecule has 0 aliphatic carbocycles. The lowest BCUT2D eigenvalue weighted by molar-refractivity contribution is -0.145. The van der Waals surface area contributed by atoms with Gasteiger partial charge >= 0.3 is 11.9 Å². The Bertz CT molecular complexity index is 312. The molecule has 0 saturated carbocycles. The fraction of sp³-hybridized carbons (Fsp3) is 0.769. The number of amides is 1. The summed E-state index contributed by atoms with van der Waals surface area (Å²) in [6.07, 6.45) is 1.34. The highest BCUT2D eigenvalue weighted by Gasteiger charge is 2.24. The molecule has 0 bridgehead atoms. The van der Waals surface area contributed by atoms with Gasteiger partial charge in [-0.25, -0.2) is 4.79 Å². The number of aliphatic carboxylic acids is 1. The summed E-state index contributed by atoms with van der Waals surface area (Å²) in [4.78, 5) is 34.0. The predicted molar refractivity (Wildman–Crippen MR) is 69.5 cm³/mol. The Labute approximate surface area is 113 Å². The Morgan fingerprint density at radius 2 is 1.74 bits per heavy atom. The molecule has 6 heteroatoms. The molecular formula is C13H23NO5. The van der Waals surface area contributed by atoms with Gasteiger partial charge < -0.3 is 15.2 Å². The molecule has 110 valence electrons. The number of carboxylic acid groups (broad SMARTS) is 1. The number of nitrogens with one attached hydrogen (secondary N) is 1. The largest absolute Gasteiger partial charge is 0.480 e. The molecule has 2 N–H and O–H groups in total. The zero-order valence-corrected chi connectivity index (χ0v) is 11.8. The van der Waals surface area contributed by atoms with Gasteiger partial charge in [0.05, 0.1) is 6.61 Å². The van der Waals surface area contributed by atoms with Crippen molar-refractivity contribution >= 4 is 17.8 Å². The topological polar surface area (TPSA) is 92.7 Å². The van der Waals surface area contributed by atoms with Crippen molar-refractivity contribution in [2.45, 2.75) is 52.5 Å². The minimum atomic E-state index is -1.14. The smallest absolute Gasteiger partial charge is 0.326 e. The monoisotopic (exact) mass is 273 g/mol. The molecule has 0 saturated heterocycles. The maximum absolute atomic E-state index is 11.8. The van der Waals surface area contributed by atoms with Crippen LogP contribution in [0, 0.1) is 5.92 Å². The summed E-state index contributed by atoms with van der Waals surface area (Å²) in [6, 6.07) is -1.04. The van der Waals surface area contributed by atoms with E-state index in [9.17, 15) is 14.4 Å². The normalized spacial score (nSPS) is 12.0. The minimum absolute atomic E-state index is 0.0198. The maximum Gasteiger partial charge on any atom is 0.326 e. The summed E-state index contributed by atoms with van der Waals surface area (Å²) >= 11 is 0. The Kier molecular flexibility index (Phi) is 8.57. The molecule has 19 heavy (non-hydrogen) atoms. The molecule has 0 fully saturated rings. The summed E-state index contributed by atoms with van der Waals surface area (Å²) in [6.45, 7) is 5.70. The van der Waals surface area contributed by atoms with E-state index in [0.29, 0.717) is 12.8 Å². The molecule has 0 rings (SSSR count). The van der Waals surface area contributed by atoms with E-state index in [2.05, 4.69) is 5.32 Å². The van der Waals surface area contributed by atoms with E-state index in [1.165, 1.54) is 0 Å². The number of hydrogen-bond acceptors (Lipinski definition) is 4. The lowest BCUT2D eigenvalue weighted by atomic mass is 10.0. The fourth-order valence-electron chi connectivity index (χ4n) is 1.70. The third-order valence-electron chi connectivity index (χ3n) is 2.91. The molecule has 1 amide bonds. The number of ether oxygens (including phenoxy) is 1. The van der Waals surface area contributed by atoms with Crippen LogP contribution < -0.4 is 5.32 Å². The van der Waals surface area contributed by atoms with Gasteiger partial charge in [-0.05, 0) is 26.2 Å². The van der Waals surface area contributed by atoms with Crippen LogP contribution in [0.5, 0.6) is 0 Å². The van der Waals surface area contributed by atoms with Gasteiger partial charge in [0.15, 0.2) is 0 Å². The fourth-order valence-corrected chi connectivity index (χ4v) is 1.70. The van der Waals surface area contributed by atoms with E-state index in [1.54, 1.807) is 6.92 Å². The first kappa shape index (κ1) is 17.4. The van der Waals surface area contributed by atoms with Crippen LogP contribution in [-0.2, 0) is 19.1 Å². The first-order valence-electron chi connectivity index (χ1n) is 6.64. The van der Waals surface area contributed by atoms with Gasteiger partial charge in [0.1, 0.15) is 6.04 Å². The highest BCUT2D eigenvalue weighted by molar-refractivity contribution is 5.85. The SMILES string of the molecule is CCOC(=O)CC[C@H](NC(=O)C(CC)CC)C(=O)O. The van der Waals surface area contributed by atoms with Crippen LogP contribution in [0.15, 0.2) is 0 Å². The number of carbonyl (C=O) groups excluding carboxylic acids is 2. The van der Waals surface area contributed by atoms with Gasteiger partial charge in [-0.1, -0.05) is 13.8 Å². The van der Waals surface area contributed by atoms with E-state index in [1.807, 2.05) is 13.8 Å². The summed E-state index contributed by atoms with van der Waals surface area (Å²) in [5.41, 5.74) is 0. The molecule has 0 aromatic rings. The molecule has 0 aromatic heterocycles. The molecule has 0 radical (unpaired) electrons. The van der Waals surface area contributed by atoms with Crippen molar-refractivity contribution in [1.82, 2.24) is 5.32 Å². The Hall–Kier alpha value is -1.59. The number of hydrogen-bond donors (Lipinski definition) is 2. The number of carbonyl (C=O) groups is 3. The molecule has 0 aliphatic heterocycles. The summed E-state index contributed by atoms with van der Waals surface area (Å²) < 4.78 is 4.72. The second kappa shape index (κ2) is 9.35. The average molecular weight is 273 g/mol. The lowest BCUT2D eigenvalue weighted by Crippen LogP contribution is -2.43. The molecule has 0 heterocycles. The van der Waals surface area contributed by atoms with E-state index >= 15 is 0 Å². The average Bonchev–Trinajstić information content (AvgIpc) is 2.35. The van der Waals surface area contributed by atoms with Gasteiger partial charge in [0.2, 0.25) is 5.91 Å². The van der Waals surface area contributed by atoms with E-state index in [0.717, 1.165) is 0 Å². The number of carboxylic acids is 1. The van der Waals surface area contributed by atoms with Crippen molar-refractivity contribution in [2.24, 2.45) is 5.92 Å². The van der Waals surface area contributed by atoms with E-state index < -0.39 is 18.0 Å². The second-order valence-electron chi connectivity index (χ2n) is 4.26. The summed E-state index contributed by atoms with van der Waals surface area (Å²) in [5, 5.41) is 11.5. The zero-order chi connectivity index (χ0) is 14.8. The van der Waals surface area contributed by atoms with Crippen molar-refractivity contribution < 1.29 is 24.2 Å². The standard InChI is InChI=1S/C13H23NO5/c1-4-9(5-2)12(16)14-10(13(17)18)7-8-11(15)19-6-3/h9-10H,4-8H2,1-3H3,(H,14,16)(H,17,18)/t10-/m0/s1. The minimum Gasteiger partial charge on any atom is -0.480 e. The second-order valence-corrected chi connectivity index (χ2v) is 4.26. The van der Waals surface area contributed by atoms with Gasteiger partial charge in [-0.15, -0.1) is 0 Å². The van der Waals surface area contributed by atoms with Crippen molar-refractivity contribution in [3.05, 3.63) is 0 Å². The summed E-state index contributed by atoms with van der Waals surface area (Å²) in [7, 11) is 0. The predicted octanol–water partition coefficient (Wildman–Crippen LogP) is 1.34. The maximum atomic E-state index is 11.8. The zero-order valence-electron chi connectivity index (χ0n) is 11.8. The van der Waals surface area contributed by atoms with Crippen molar-refractivity contribution in [3.8, 4) is 0 Å². The third kappa shape index (κ3) is 6.79. The van der Waals surface area contributed by atoms with Crippen molar-refractivity contribution in [3.63, 3.8) is 0 Å². The van der Waals surface area contributed by atoms with Crippen LogP contribution >= 0.6 is 0 Å². The molecule has 0 aromatic carbocycles. The first-order valence-corrected chi connectivity index (χ1v) is 6.64. The van der Waals surface area contributed by atoms with Crippen LogP contribution in [0.3, 0.4) is 0 Å². The number of rotatable bonds is 9. The van der Waals surface area contributed by atoms with Crippen LogP contribution in [0.25, 0.3) is 0 Å². The van der Waals surface area contributed by atoms with Crippen molar-refractivity contribution in [1.29, 1.82) is 0 Å². The lowest BCUT2D eigenvalue weighted by Gasteiger charge is -2.18. The Morgan fingerprint density at radius 1 is 1.16 bits per heavy atom. The first-order chi connectivity index (χ1) is 8.96. The third-order valence-corrected chi connectivity index (χ3v) is 2.91. The van der Waals surface area contributed by atoms with Gasteiger partial charge in [-0.2, -0.15) is 0 Å². The van der Waals surface area contributed by atoms with Crippen LogP contribution in [0.2, 0.25) is 0 Å². The molecule has 1 atom stereocenters. The molecular weight excluding hydrogens is 250 g/mol. The van der Waals surface area contributed by atoms with Crippen molar-refractivity contribution in [2.75, 3.05) is 6.61 Å². The van der Waals surface area contributed by atoms with Gasteiger partial charge in [0, 0.05) is 12.3 Å². The molecule has 0 spiro atoms. The van der Waals surface area contributed by atoms with Gasteiger partial charge in [0.25, 0.3) is 0 Å². The van der Waals surface area contributed by atoms with Gasteiger partial charge in [-0.3, -0.25) is 9.59 Å². The highest BCUT2D eigenvalue weighted by atomic mass is 16.5. The Balaban J connectivity index is 4.38. The van der Waals surface area contributed by atoms with E-state index in [4.69, 9.17) is 9.84 Å². The van der Waals surface area contributed by atoms with E-state index in [-0.39, 0.29) is 31.3 Å². The molecule has 6 nitrogen and oxygen atoms in total. The molecule has 0 aliphatic rings. The van der Waals surface area contributed by atoms with Crippen LogP contribution in [0.1, 0.15) is 46.5 Å². The van der Waals surface area contributed by atoms with Crippen LogP contribution in [-0.4, -0.2) is 35.6 Å². The highest BCUT2D eigenvalue weighted by Crippen LogP contribution is 2.09. The number of esters is 1. The van der Waals surface area contributed by atoms with Crippen LogP contribution in [0.4, 0.5) is 0 Å². The Morgan fingerprint density at radius 3 is 2.16 bits per heavy atom. The molecule has 0 unspecified atom stereocenters. The quantitative estimate of drug-likeness (QED) is 0.618. The summed E-state index contributed by atoms with van der Waals surface area (Å²) in [5.74, 6) is -2.06.